The summed E-state index contributed by atoms with van der Waals surface area (Å²) in [5.41, 5.74) is 1.70. The van der Waals surface area contributed by atoms with Gasteiger partial charge in [0.05, 0.1) is 44.2 Å². The number of ether oxygens (including phenoxy) is 8. The fourth-order valence-electron chi connectivity index (χ4n) is 7.84. The first-order valence-corrected chi connectivity index (χ1v) is 22.2. The van der Waals surface area contributed by atoms with Gasteiger partial charge < -0.3 is 104 Å². The molecule has 0 aromatic carbocycles. The molecule has 4 aliphatic heterocycles. The predicted molar refractivity (Wildman–Crippen MR) is 226 cm³/mol. The fourth-order valence-corrected chi connectivity index (χ4v) is 7.84. The SMILES string of the molecule is C=C[C@](C)(CC/C=C(\CO)CC/C=C(\C)CC/C=C(/C)CO[C@@H]1O[C@H](CO[C@@H]2O[C@@H](C)[C@H](O)[C@@H](O)[C@H]2O)[C@@H](O[C@@H]2O[C@@H](C)[C@H](O)[C@@H](O)[C@H]2O)[C@H](O)[C@H]1O)O[C@@H]1O[C@H](CO)[C@@H](O)[C@H](O)[C@H]1O. The molecule has 21 atom stereocenters. The largest absolute Gasteiger partial charge is 0.394 e. The van der Waals surface area contributed by atoms with E-state index in [1.165, 1.54) is 19.9 Å². The van der Waals surface area contributed by atoms with E-state index in [9.17, 15) is 66.4 Å². The van der Waals surface area contributed by atoms with Gasteiger partial charge in [0.25, 0.3) is 0 Å². The molecule has 0 aromatic rings. The summed E-state index contributed by atoms with van der Waals surface area (Å²) in [5, 5.41) is 134. The van der Waals surface area contributed by atoms with Crippen molar-refractivity contribution in [2.24, 2.45) is 0 Å². The molecule has 4 saturated heterocycles. The average Bonchev–Trinajstić information content (AvgIpc) is 3.28. The van der Waals surface area contributed by atoms with Crippen molar-refractivity contribution in [1.82, 2.24) is 0 Å². The van der Waals surface area contributed by atoms with Crippen LogP contribution in [0, 0.1) is 0 Å². The molecule has 0 aliphatic carbocycles. The molecule has 4 rings (SSSR count). The van der Waals surface area contributed by atoms with Crippen LogP contribution in [0.25, 0.3) is 0 Å². The van der Waals surface area contributed by atoms with Gasteiger partial charge in [0.2, 0.25) is 0 Å². The normalized spacial score (nSPS) is 42.2. The Kier molecular flexibility index (Phi) is 22.0. The maximum atomic E-state index is 11.3. The molecule has 0 unspecified atom stereocenters. The quantitative estimate of drug-likeness (QED) is 0.0496. The lowest BCUT2D eigenvalue weighted by Crippen LogP contribution is -2.64. The number of aliphatic hydroxyl groups excluding tert-OH is 13. The smallest absolute Gasteiger partial charge is 0.187 e. The van der Waals surface area contributed by atoms with Gasteiger partial charge in [0, 0.05) is 0 Å². The molecule has 0 aromatic heterocycles. The number of hydrogen-bond acceptors (Lipinski definition) is 21. The van der Waals surface area contributed by atoms with Crippen LogP contribution in [0.2, 0.25) is 0 Å². The third-order valence-electron chi connectivity index (χ3n) is 12.4. The van der Waals surface area contributed by atoms with Crippen molar-refractivity contribution in [3.8, 4) is 0 Å². The molecule has 376 valence electrons. The van der Waals surface area contributed by atoms with Crippen molar-refractivity contribution in [2.45, 2.75) is 202 Å². The van der Waals surface area contributed by atoms with Gasteiger partial charge in [0.15, 0.2) is 25.2 Å². The van der Waals surface area contributed by atoms with Crippen LogP contribution in [0.1, 0.15) is 73.1 Å². The molecule has 0 radical (unpaired) electrons. The highest BCUT2D eigenvalue weighted by molar-refractivity contribution is 5.09. The molecule has 0 amide bonds. The lowest BCUT2D eigenvalue weighted by Gasteiger charge is -2.46. The van der Waals surface area contributed by atoms with Gasteiger partial charge in [-0.2, -0.15) is 0 Å². The average molecular weight is 939 g/mol. The molecule has 65 heavy (non-hydrogen) atoms. The predicted octanol–water partition coefficient (Wildman–Crippen LogP) is -2.58. The van der Waals surface area contributed by atoms with Crippen LogP contribution < -0.4 is 0 Å². The zero-order chi connectivity index (χ0) is 48.3. The van der Waals surface area contributed by atoms with Gasteiger partial charge in [-0.15, -0.1) is 6.58 Å². The van der Waals surface area contributed by atoms with E-state index in [-0.39, 0.29) is 13.2 Å². The molecule has 0 saturated carbocycles. The molecular weight excluding hydrogens is 864 g/mol. The Bertz CT molecular complexity index is 1550. The second kappa shape index (κ2) is 25.6. The van der Waals surface area contributed by atoms with E-state index in [1.807, 2.05) is 26.0 Å². The molecule has 4 heterocycles. The van der Waals surface area contributed by atoms with E-state index in [4.69, 9.17) is 37.9 Å². The van der Waals surface area contributed by atoms with Crippen LogP contribution in [0.5, 0.6) is 0 Å². The lowest BCUT2D eigenvalue weighted by molar-refractivity contribution is -0.363. The minimum Gasteiger partial charge on any atom is -0.394 e. The van der Waals surface area contributed by atoms with Crippen molar-refractivity contribution in [3.63, 3.8) is 0 Å². The van der Waals surface area contributed by atoms with Crippen LogP contribution in [-0.4, -0.2) is 221 Å². The number of aliphatic hydroxyl groups is 13. The summed E-state index contributed by atoms with van der Waals surface area (Å²) in [4.78, 5) is 0. The standard InChI is InChI=1S/C44H74O21/c1-7-44(6,65-43-37(56)33(52)30(49)26(18-46)62-43)16-10-15-25(17-45)14-9-12-21(2)11-8-13-22(3)19-58-41-38(57)34(53)39(64-42-36(55)32(51)29(48)24(5)61-42)27(63-41)20-59-40-35(54)31(50)28(47)23(4)60-40/h7,12-13,15,23-24,26-43,45-57H,1,8-11,14,16-20H2,2-6H3/b21-12+,22-13-,25-15-/t23-,24-,26+,27+,28-,29-,30+,31+,32+,33-,34+,35+,36+,37+,38+,39+,40+,41+,42-,43-,44+/m0/s1. The first-order chi connectivity index (χ1) is 30.7. The summed E-state index contributed by atoms with van der Waals surface area (Å²) in [6.45, 7) is 11.0. The Labute approximate surface area is 379 Å². The Morgan fingerprint density at radius 1 is 0.569 bits per heavy atom. The van der Waals surface area contributed by atoms with Crippen molar-refractivity contribution in [1.29, 1.82) is 0 Å². The second-order valence-electron chi connectivity index (χ2n) is 17.7. The highest BCUT2D eigenvalue weighted by atomic mass is 16.8. The minimum absolute atomic E-state index is 0.0164. The van der Waals surface area contributed by atoms with E-state index >= 15 is 0 Å². The van der Waals surface area contributed by atoms with E-state index in [2.05, 4.69) is 12.7 Å². The van der Waals surface area contributed by atoms with Crippen LogP contribution in [0.15, 0.2) is 47.6 Å². The number of hydrogen-bond donors (Lipinski definition) is 13. The van der Waals surface area contributed by atoms with Crippen molar-refractivity contribution >= 4 is 0 Å². The maximum absolute atomic E-state index is 11.3. The Hall–Kier alpha value is -1.88. The molecule has 21 heteroatoms. The maximum Gasteiger partial charge on any atom is 0.187 e. The van der Waals surface area contributed by atoms with E-state index in [0.29, 0.717) is 38.5 Å². The summed E-state index contributed by atoms with van der Waals surface area (Å²) in [7, 11) is 0. The van der Waals surface area contributed by atoms with Crippen molar-refractivity contribution in [3.05, 3.63) is 47.6 Å². The van der Waals surface area contributed by atoms with Crippen LogP contribution in [0.3, 0.4) is 0 Å². The third-order valence-corrected chi connectivity index (χ3v) is 12.4. The van der Waals surface area contributed by atoms with Gasteiger partial charge in [-0.1, -0.05) is 35.5 Å². The molecule has 4 aliphatic rings. The first-order valence-electron chi connectivity index (χ1n) is 22.2. The lowest BCUT2D eigenvalue weighted by atomic mass is 9.96. The van der Waals surface area contributed by atoms with Crippen LogP contribution >= 0.6 is 0 Å². The summed E-state index contributed by atoms with van der Waals surface area (Å²) in [6.07, 6.45) is -18.1. The minimum atomic E-state index is -1.75. The van der Waals surface area contributed by atoms with E-state index < -0.39 is 142 Å². The highest BCUT2D eigenvalue weighted by Gasteiger charge is 2.52. The summed E-state index contributed by atoms with van der Waals surface area (Å²) < 4.78 is 45.9. The molecule has 21 nitrogen and oxygen atoms in total. The van der Waals surface area contributed by atoms with Crippen LogP contribution in [0.4, 0.5) is 0 Å². The fraction of sp³-hybridized carbons (Fsp3) is 0.818. The van der Waals surface area contributed by atoms with Gasteiger partial charge in [-0.3, -0.25) is 0 Å². The zero-order valence-corrected chi connectivity index (χ0v) is 37.7. The molecule has 0 spiro atoms. The number of allylic oxidation sites excluding steroid dienone is 4. The topological polar surface area (TPSA) is 337 Å². The molecule has 0 bridgehead atoms. The van der Waals surface area contributed by atoms with Crippen LogP contribution in [-0.2, 0) is 37.9 Å². The summed E-state index contributed by atoms with van der Waals surface area (Å²) in [6, 6.07) is 0. The van der Waals surface area contributed by atoms with E-state index in [0.717, 1.165) is 16.7 Å². The molecular formula is C44H74O21. The molecule has 13 N–H and O–H groups in total. The van der Waals surface area contributed by atoms with Gasteiger partial charge >= 0.3 is 0 Å². The summed E-state index contributed by atoms with van der Waals surface area (Å²) >= 11 is 0. The Morgan fingerprint density at radius 3 is 1.71 bits per heavy atom. The summed E-state index contributed by atoms with van der Waals surface area (Å²) in [5.74, 6) is 0. The monoisotopic (exact) mass is 938 g/mol. The highest BCUT2D eigenvalue weighted by Crippen LogP contribution is 2.32. The van der Waals surface area contributed by atoms with E-state index in [1.54, 1.807) is 6.92 Å². The molecule has 4 fully saturated rings. The zero-order valence-electron chi connectivity index (χ0n) is 37.7. The van der Waals surface area contributed by atoms with Crippen molar-refractivity contribution < 1.29 is 104 Å². The van der Waals surface area contributed by atoms with Gasteiger partial charge in [-0.25, -0.2) is 0 Å². The van der Waals surface area contributed by atoms with Gasteiger partial charge in [-0.05, 0) is 78.7 Å². The number of rotatable bonds is 22. The Morgan fingerprint density at radius 2 is 1.09 bits per heavy atom. The second-order valence-corrected chi connectivity index (χ2v) is 17.7. The Balaban J connectivity index is 1.28. The third kappa shape index (κ3) is 14.8. The van der Waals surface area contributed by atoms with Crippen molar-refractivity contribution in [2.75, 3.05) is 26.4 Å². The first kappa shape index (κ1) is 55.7. The van der Waals surface area contributed by atoms with Gasteiger partial charge in [0.1, 0.15) is 85.5 Å².